The predicted molar refractivity (Wildman–Crippen MR) is 72.5 cm³/mol. The molecule has 2 rings (SSSR count). The van der Waals surface area contributed by atoms with E-state index in [9.17, 15) is 9.59 Å². The number of likely N-dealkylation sites (tertiary alicyclic amines) is 1. The van der Waals surface area contributed by atoms with Crippen molar-refractivity contribution in [2.24, 2.45) is 0 Å². The van der Waals surface area contributed by atoms with E-state index in [1.165, 1.54) is 6.42 Å². The van der Waals surface area contributed by atoms with Crippen molar-refractivity contribution in [2.75, 3.05) is 13.1 Å². The van der Waals surface area contributed by atoms with Gasteiger partial charge in [0.15, 0.2) is 5.78 Å². The molecule has 0 aliphatic carbocycles. The molecule has 1 aliphatic heterocycles. The third kappa shape index (κ3) is 3.56. The average Bonchev–Trinajstić information content (AvgIpc) is 2.48. The molecule has 0 unspecified atom stereocenters. The van der Waals surface area contributed by atoms with Crippen LogP contribution in [0.25, 0.3) is 0 Å². The minimum atomic E-state index is -0.297. The molecule has 1 aromatic carbocycles. The summed E-state index contributed by atoms with van der Waals surface area (Å²) in [5.41, 5.74) is 0.653. The van der Waals surface area contributed by atoms with Gasteiger partial charge in [0.2, 0.25) is 0 Å². The van der Waals surface area contributed by atoms with Gasteiger partial charge in [0.05, 0.1) is 0 Å². The number of nitrogens with zero attached hydrogens (tertiary/aromatic N) is 1. The normalized spacial score (nSPS) is 15.1. The number of carbonyl (C=O) groups is 2. The molecule has 1 saturated heterocycles. The summed E-state index contributed by atoms with van der Waals surface area (Å²) in [6, 6.07) is 6.74. The zero-order valence-corrected chi connectivity index (χ0v) is 11.2. The van der Waals surface area contributed by atoms with Crippen LogP contribution in [0.3, 0.4) is 0 Å². The van der Waals surface area contributed by atoms with Crippen LogP contribution in [0.4, 0.5) is 4.79 Å². The van der Waals surface area contributed by atoms with Crippen LogP contribution in [-0.2, 0) is 0 Å². The van der Waals surface area contributed by atoms with E-state index in [-0.39, 0.29) is 11.9 Å². The molecule has 0 saturated carbocycles. The molecule has 1 heterocycles. The third-order valence-electron chi connectivity index (χ3n) is 3.32. The van der Waals surface area contributed by atoms with Crippen LogP contribution in [-0.4, -0.2) is 29.9 Å². The van der Waals surface area contributed by atoms with Crippen molar-refractivity contribution in [1.29, 1.82) is 0 Å². The molecule has 0 atom stereocenters. The van der Waals surface area contributed by atoms with Crippen molar-refractivity contribution < 1.29 is 14.3 Å². The van der Waals surface area contributed by atoms with Crippen molar-refractivity contribution in [3.8, 4) is 5.75 Å². The first-order valence-electron chi connectivity index (χ1n) is 6.80. The number of ketones is 1. The number of hydrogen-bond donors (Lipinski definition) is 0. The summed E-state index contributed by atoms with van der Waals surface area (Å²) < 4.78 is 5.30. The fraction of sp³-hybridized carbons (Fsp3) is 0.467. The maximum atomic E-state index is 11.9. The highest BCUT2D eigenvalue weighted by atomic mass is 16.6. The summed E-state index contributed by atoms with van der Waals surface area (Å²) in [6.07, 6.45) is 3.44. The molecular formula is C15H19NO3. The Bertz CT molecular complexity index is 447. The van der Waals surface area contributed by atoms with Crippen LogP contribution >= 0.6 is 0 Å². The van der Waals surface area contributed by atoms with Gasteiger partial charge in [-0.25, -0.2) is 4.79 Å². The summed E-state index contributed by atoms with van der Waals surface area (Å²) in [5, 5.41) is 0. The molecule has 0 radical (unpaired) electrons. The molecule has 0 spiro atoms. The molecular weight excluding hydrogens is 242 g/mol. The number of carbonyl (C=O) groups excluding carboxylic acids is 2. The lowest BCUT2D eigenvalue weighted by Gasteiger charge is -2.25. The van der Waals surface area contributed by atoms with E-state index in [1.807, 2.05) is 6.92 Å². The van der Waals surface area contributed by atoms with Crippen molar-refractivity contribution >= 4 is 11.9 Å². The quantitative estimate of drug-likeness (QED) is 0.784. The summed E-state index contributed by atoms with van der Waals surface area (Å²) in [7, 11) is 0. The van der Waals surface area contributed by atoms with E-state index in [1.54, 1.807) is 29.2 Å². The van der Waals surface area contributed by atoms with Gasteiger partial charge in [-0.3, -0.25) is 4.79 Å². The van der Waals surface area contributed by atoms with E-state index >= 15 is 0 Å². The van der Waals surface area contributed by atoms with Gasteiger partial charge < -0.3 is 9.64 Å². The van der Waals surface area contributed by atoms with Gasteiger partial charge in [-0.05, 0) is 43.5 Å². The first-order valence-corrected chi connectivity index (χ1v) is 6.80. The Morgan fingerprint density at radius 3 is 2.32 bits per heavy atom. The van der Waals surface area contributed by atoms with Crippen LogP contribution in [0, 0.1) is 0 Å². The summed E-state index contributed by atoms with van der Waals surface area (Å²) >= 11 is 0. The minimum Gasteiger partial charge on any atom is -0.410 e. The van der Waals surface area contributed by atoms with Crippen LogP contribution in [0.2, 0.25) is 0 Å². The van der Waals surface area contributed by atoms with Crippen molar-refractivity contribution in [2.45, 2.75) is 32.6 Å². The Balaban J connectivity index is 1.95. The van der Waals surface area contributed by atoms with Gasteiger partial charge in [-0.2, -0.15) is 0 Å². The number of benzene rings is 1. The fourth-order valence-electron chi connectivity index (χ4n) is 2.15. The zero-order chi connectivity index (χ0) is 13.7. The summed E-state index contributed by atoms with van der Waals surface area (Å²) in [5.74, 6) is 0.581. The monoisotopic (exact) mass is 261 g/mol. The number of Topliss-reactive ketones (excluding diaryl/α,β-unsaturated/α-hetero) is 1. The van der Waals surface area contributed by atoms with Gasteiger partial charge in [0.1, 0.15) is 5.75 Å². The Kier molecular flexibility index (Phi) is 4.55. The maximum Gasteiger partial charge on any atom is 0.415 e. The van der Waals surface area contributed by atoms with Gasteiger partial charge in [-0.1, -0.05) is 6.92 Å². The number of amides is 1. The molecule has 1 aromatic rings. The number of piperidine rings is 1. The summed E-state index contributed by atoms with van der Waals surface area (Å²) in [4.78, 5) is 25.1. The molecule has 4 heteroatoms. The van der Waals surface area contributed by atoms with E-state index in [2.05, 4.69) is 0 Å². The van der Waals surface area contributed by atoms with Gasteiger partial charge in [0.25, 0.3) is 0 Å². The number of hydrogen-bond acceptors (Lipinski definition) is 3. The van der Waals surface area contributed by atoms with Crippen molar-refractivity contribution in [3.63, 3.8) is 0 Å². The van der Waals surface area contributed by atoms with E-state index in [0.29, 0.717) is 17.7 Å². The number of rotatable bonds is 3. The molecule has 102 valence electrons. The summed E-state index contributed by atoms with van der Waals surface area (Å²) in [6.45, 7) is 3.36. The Morgan fingerprint density at radius 1 is 1.11 bits per heavy atom. The average molecular weight is 261 g/mol. The number of ether oxygens (including phenoxy) is 1. The van der Waals surface area contributed by atoms with Gasteiger partial charge in [-0.15, -0.1) is 0 Å². The van der Waals surface area contributed by atoms with E-state index < -0.39 is 0 Å². The molecule has 1 amide bonds. The second-order valence-corrected chi connectivity index (χ2v) is 4.72. The van der Waals surface area contributed by atoms with Gasteiger partial charge in [0, 0.05) is 25.1 Å². The van der Waals surface area contributed by atoms with Crippen molar-refractivity contribution in [1.82, 2.24) is 4.90 Å². The Morgan fingerprint density at radius 2 is 1.74 bits per heavy atom. The Labute approximate surface area is 113 Å². The highest BCUT2D eigenvalue weighted by Gasteiger charge is 2.18. The zero-order valence-electron chi connectivity index (χ0n) is 11.2. The van der Waals surface area contributed by atoms with Crippen LogP contribution in [0.15, 0.2) is 24.3 Å². The van der Waals surface area contributed by atoms with E-state index in [0.717, 1.165) is 25.9 Å². The predicted octanol–water partition coefficient (Wildman–Crippen LogP) is 3.26. The molecule has 4 nitrogen and oxygen atoms in total. The SMILES string of the molecule is CCC(=O)c1ccc(OC(=O)N2CCCCC2)cc1. The smallest absolute Gasteiger partial charge is 0.410 e. The second-order valence-electron chi connectivity index (χ2n) is 4.72. The molecule has 1 fully saturated rings. The fourth-order valence-corrected chi connectivity index (χ4v) is 2.15. The van der Waals surface area contributed by atoms with Crippen LogP contribution in [0.5, 0.6) is 5.75 Å². The first-order chi connectivity index (χ1) is 9.20. The third-order valence-corrected chi connectivity index (χ3v) is 3.32. The van der Waals surface area contributed by atoms with Crippen LogP contribution < -0.4 is 4.74 Å². The minimum absolute atomic E-state index is 0.0916. The highest BCUT2D eigenvalue weighted by Crippen LogP contribution is 2.16. The molecule has 0 aromatic heterocycles. The maximum absolute atomic E-state index is 11.9. The standard InChI is InChI=1S/C15H19NO3/c1-2-14(17)12-6-8-13(9-7-12)19-15(18)16-10-4-3-5-11-16/h6-9H,2-5,10-11H2,1H3. The van der Waals surface area contributed by atoms with E-state index in [4.69, 9.17) is 4.74 Å². The molecule has 0 bridgehead atoms. The lowest BCUT2D eigenvalue weighted by Crippen LogP contribution is -2.37. The molecule has 0 N–H and O–H groups in total. The largest absolute Gasteiger partial charge is 0.415 e. The molecule has 19 heavy (non-hydrogen) atoms. The van der Waals surface area contributed by atoms with Crippen molar-refractivity contribution in [3.05, 3.63) is 29.8 Å². The molecule has 1 aliphatic rings. The second kappa shape index (κ2) is 6.36. The van der Waals surface area contributed by atoms with Gasteiger partial charge >= 0.3 is 6.09 Å². The van der Waals surface area contributed by atoms with Crippen LogP contribution in [0.1, 0.15) is 43.0 Å². The lowest BCUT2D eigenvalue weighted by molar-refractivity contribution is 0.0988. The highest BCUT2D eigenvalue weighted by molar-refractivity contribution is 5.95. The topological polar surface area (TPSA) is 46.6 Å². The Hall–Kier alpha value is -1.84. The lowest BCUT2D eigenvalue weighted by atomic mass is 10.1. The first kappa shape index (κ1) is 13.6.